The lowest BCUT2D eigenvalue weighted by atomic mass is 9.54. The first-order chi connectivity index (χ1) is 9.12. The van der Waals surface area contributed by atoms with Gasteiger partial charge in [0.15, 0.2) is 0 Å². The molecule has 5 atom stereocenters. The van der Waals surface area contributed by atoms with Gasteiger partial charge in [0.05, 0.1) is 12.4 Å². The first kappa shape index (κ1) is 16.0. The van der Waals surface area contributed by atoms with Crippen LogP contribution in [0.25, 0.3) is 0 Å². The van der Waals surface area contributed by atoms with Gasteiger partial charge in [-0.1, -0.05) is 26.0 Å². The fourth-order valence-corrected chi connectivity index (χ4v) is 5.08. The van der Waals surface area contributed by atoms with Crippen molar-refractivity contribution in [2.75, 3.05) is 6.26 Å². The molecule has 0 spiro atoms. The number of allylic oxidation sites excluding steroid dienone is 1. The largest absolute Gasteiger partial charge is 0.267 e. The Labute approximate surface area is 123 Å². The molecule has 0 aliphatic heterocycles. The minimum atomic E-state index is -3.36. The van der Waals surface area contributed by atoms with E-state index in [4.69, 9.17) is 4.18 Å². The molecule has 20 heavy (non-hydrogen) atoms. The summed E-state index contributed by atoms with van der Waals surface area (Å²) >= 11 is 0. The summed E-state index contributed by atoms with van der Waals surface area (Å²) in [6.07, 6.45) is 6.54. The number of hydrogen-bond acceptors (Lipinski definition) is 3. The maximum absolute atomic E-state index is 11.4. The summed E-state index contributed by atoms with van der Waals surface area (Å²) in [7, 11) is -3.36. The van der Waals surface area contributed by atoms with Crippen LogP contribution in [0.4, 0.5) is 0 Å². The summed E-state index contributed by atoms with van der Waals surface area (Å²) in [5, 5.41) is 0. The molecule has 0 bridgehead atoms. The van der Waals surface area contributed by atoms with E-state index >= 15 is 0 Å². The smallest absolute Gasteiger partial charge is 0.264 e. The van der Waals surface area contributed by atoms with Crippen LogP contribution < -0.4 is 0 Å². The molecule has 2 rings (SSSR count). The Morgan fingerprint density at radius 3 is 2.45 bits per heavy atom. The van der Waals surface area contributed by atoms with Crippen molar-refractivity contribution in [3.05, 3.63) is 12.2 Å². The van der Waals surface area contributed by atoms with Gasteiger partial charge in [-0.2, -0.15) is 8.42 Å². The molecular weight excluding hydrogens is 272 g/mol. The van der Waals surface area contributed by atoms with E-state index in [0.29, 0.717) is 23.2 Å². The predicted molar refractivity (Wildman–Crippen MR) is 81.9 cm³/mol. The van der Waals surface area contributed by atoms with Gasteiger partial charge in [0, 0.05) is 0 Å². The summed E-state index contributed by atoms with van der Waals surface area (Å²) in [5.41, 5.74) is 1.62. The molecule has 2 fully saturated rings. The molecule has 2 aliphatic rings. The van der Waals surface area contributed by atoms with Crippen LogP contribution in [0, 0.1) is 23.2 Å². The van der Waals surface area contributed by atoms with Crippen LogP contribution in [0.5, 0.6) is 0 Å². The van der Waals surface area contributed by atoms with E-state index in [1.165, 1.54) is 18.4 Å². The van der Waals surface area contributed by atoms with E-state index in [1.54, 1.807) is 0 Å². The van der Waals surface area contributed by atoms with E-state index < -0.39 is 10.1 Å². The van der Waals surface area contributed by atoms with Gasteiger partial charge in [0.2, 0.25) is 0 Å². The van der Waals surface area contributed by atoms with E-state index in [0.717, 1.165) is 25.5 Å². The Kier molecular flexibility index (Phi) is 4.37. The predicted octanol–water partition coefficient (Wildman–Crippen LogP) is 3.76. The highest BCUT2D eigenvalue weighted by molar-refractivity contribution is 7.86. The normalized spacial score (nSPS) is 42.0. The fraction of sp³-hybridized carbons (Fsp3) is 0.875. The van der Waals surface area contributed by atoms with Crippen molar-refractivity contribution in [3.8, 4) is 0 Å². The Bertz CT molecular complexity index is 482. The lowest BCUT2D eigenvalue weighted by Gasteiger charge is -2.52. The van der Waals surface area contributed by atoms with Gasteiger partial charge in [-0.05, 0) is 62.2 Å². The van der Waals surface area contributed by atoms with Gasteiger partial charge in [-0.25, -0.2) is 0 Å². The zero-order valence-electron chi connectivity index (χ0n) is 13.2. The van der Waals surface area contributed by atoms with Crippen LogP contribution in [0.3, 0.4) is 0 Å². The van der Waals surface area contributed by atoms with E-state index in [1.807, 2.05) is 0 Å². The van der Waals surface area contributed by atoms with Gasteiger partial charge in [-0.3, -0.25) is 4.18 Å². The monoisotopic (exact) mass is 300 g/mol. The molecule has 116 valence electrons. The van der Waals surface area contributed by atoms with Gasteiger partial charge < -0.3 is 0 Å². The van der Waals surface area contributed by atoms with Crippen molar-refractivity contribution in [3.63, 3.8) is 0 Å². The SMILES string of the molecule is C=C(C)[C@@H]1CC[C@]2(C)CC[C@H](OS(C)(=O)=O)[C@H](C)[C@H]2C1. The molecule has 0 unspecified atom stereocenters. The summed E-state index contributed by atoms with van der Waals surface area (Å²) in [5.74, 6) is 1.43. The molecule has 4 heteroatoms. The van der Waals surface area contributed by atoms with Gasteiger partial charge in [0.1, 0.15) is 0 Å². The Morgan fingerprint density at radius 2 is 1.90 bits per heavy atom. The number of fused-ring (bicyclic) bond motifs is 1. The molecule has 0 aromatic heterocycles. The molecule has 0 aromatic carbocycles. The van der Waals surface area contributed by atoms with E-state index in [9.17, 15) is 8.42 Å². The minimum Gasteiger partial charge on any atom is -0.267 e. The molecule has 0 saturated heterocycles. The molecule has 0 aromatic rings. The van der Waals surface area contributed by atoms with Crippen LogP contribution in [0.2, 0.25) is 0 Å². The van der Waals surface area contributed by atoms with Crippen molar-refractivity contribution >= 4 is 10.1 Å². The average molecular weight is 300 g/mol. The third-order valence-corrected chi connectivity index (χ3v) is 6.31. The van der Waals surface area contributed by atoms with Crippen molar-refractivity contribution in [1.29, 1.82) is 0 Å². The standard InChI is InChI=1S/C16H28O3S/c1-11(2)13-6-8-16(4)9-7-15(19-20(5,17)18)12(3)14(16)10-13/h12-15H,1,6-10H2,2-5H3/t12-,13-,14-,15+,16-/m1/s1. The first-order valence-corrected chi connectivity index (χ1v) is 9.48. The zero-order chi connectivity index (χ0) is 15.1. The number of hydrogen-bond donors (Lipinski definition) is 0. The van der Waals surface area contributed by atoms with Crippen LogP contribution >= 0.6 is 0 Å². The quantitative estimate of drug-likeness (QED) is 0.589. The lowest BCUT2D eigenvalue weighted by molar-refractivity contribution is -0.0515. The minimum absolute atomic E-state index is 0.146. The first-order valence-electron chi connectivity index (χ1n) is 7.66. The summed E-state index contributed by atoms with van der Waals surface area (Å²) < 4.78 is 28.2. The molecule has 3 nitrogen and oxygen atoms in total. The fourth-order valence-electron chi connectivity index (χ4n) is 4.36. The van der Waals surface area contributed by atoms with Crippen molar-refractivity contribution in [2.24, 2.45) is 23.2 Å². The van der Waals surface area contributed by atoms with E-state index in [-0.39, 0.29) is 6.10 Å². The molecule has 2 saturated carbocycles. The topological polar surface area (TPSA) is 43.4 Å². The highest BCUT2D eigenvalue weighted by atomic mass is 32.2. The molecule has 2 aliphatic carbocycles. The maximum Gasteiger partial charge on any atom is 0.264 e. The van der Waals surface area contributed by atoms with Crippen molar-refractivity contribution < 1.29 is 12.6 Å². The second-order valence-electron chi connectivity index (χ2n) is 7.31. The third-order valence-electron chi connectivity index (χ3n) is 5.71. The lowest BCUT2D eigenvalue weighted by Crippen LogP contribution is -2.47. The Hall–Kier alpha value is -0.350. The second-order valence-corrected chi connectivity index (χ2v) is 8.92. The van der Waals surface area contributed by atoms with Gasteiger partial charge >= 0.3 is 0 Å². The summed E-state index contributed by atoms with van der Waals surface area (Å²) in [4.78, 5) is 0. The van der Waals surface area contributed by atoms with E-state index in [2.05, 4.69) is 27.4 Å². The van der Waals surface area contributed by atoms with Crippen molar-refractivity contribution in [2.45, 2.75) is 59.0 Å². The third kappa shape index (κ3) is 3.28. The Morgan fingerprint density at radius 1 is 1.30 bits per heavy atom. The van der Waals surface area contributed by atoms with Crippen molar-refractivity contribution in [1.82, 2.24) is 0 Å². The summed E-state index contributed by atoms with van der Waals surface area (Å²) in [6.45, 7) is 10.8. The summed E-state index contributed by atoms with van der Waals surface area (Å²) in [6, 6.07) is 0. The number of rotatable bonds is 3. The molecule has 0 radical (unpaired) electrons. The molecular formula is C16H28O3S. The molecule has 0 heterocycles. The van der Waals surface area contributed by atoms with Crippen LogP contribution in [-0.2, 0) is 14.3 Å². The zero-order valence-corrected chi connectivity index (χ0v) is 14.0. The van der Waals surface area contributed by atoms with Gasteiger partial charge in [-0.15, -0.1) is 0 Å². The highest BCUT2D eigenvalue weighted by Crippen LogP contribution is 2.55. The second kappa shape index (κ2) is 5.45. The van der Waals surface area contributed by atoms with Crippen LogP contribution in [0.15, 0.2) is 12.2 Å². The molecule has 0 amide bonds. The van der Waals surface area contributed by atoms with Gasteiger partial charge in [0.25, 0.3) is 10.1 Å². The highest BCUT2D eigenvalue weighted by Gasteiger charge is 2.48. The van der Waals surface area contributed by atoms with Crippen LogP contribution in [0.1, 0.15) is 52.9 Å². The maximum atomic E-state index is 11.4. The Balaban J connectivity index is 2.16. The average Bonchev–Trinajstić information content (AvgIpc) is 2.31. The molecule has 0 N–H and O–H groups in total. The van der Waals surface area contributed by atoms with Crippen LogP contribution in [-0.4, -0.2) is 20.8 Å².